The van der Waals surface area contributed by atoms with E-state index in [4.69, 9.17) is 9.15 Å². The average Bonchev–Trinajstić information content (AvgIpc) is 2.56. The van der Waals surface area contributed by atoms with Gasteiger partial charge in [0.05, 0.1) is 12.8 Å². The fourth-order valence-electron chi connectivity index (χ4n) is 2.71. The maximum atomic E-state index is 11.9. The van der Waals surface area contributed by atoms with Crippen LogP contribution in [-0.2, 0) is 6.54 Å². The molecule has 3 aromatic rings. The van der Waals surface area contributed by atoms with E-state index in [-0.39, 0.29) is 5.75 Å². The van der Waals surface area contributed by atoms with E-state index in [1.54, 1.807) is 26.2 Å². The predicted octanol–water partition coefficient (Wildman–Crippen LogP) is 3.74. The summed E-state index contributed by atoms with van der Waals surface area (Å²) in [6.45, 7) is 4.16. The summed E-state index contributed by atoms with van der Waals surface area (Å²) in [5.41, 5.74) is 3.29. The molecular formula is C19H19NO4. The number of nitrogens with one attached hydrogen (secondary N) is 1. The van der Waals surface area contributed by atoms with Crippen LogP contribution >= 0.6 is 0 Å². The first-order valence-electron chi connectivity index (χ1n) is 7.63. The lowest BCUT2D eigenvalue weighted by Crippen LogP contribution is -2.07. The third kappa shape index (κ3) is 2.93. The van der Waals surface area contributed by atoms with Crippen LogP contribution in [0.4, 0.5) is 5.69 Å². The first-order chi connectivity index (χ1) is 11.5. The molecule has 24 heavy (non-hydrogen) atoms. The molecule has 0 spiro atoms. The van der Waals surface area contributed by atoms with Crippen LogP contribution in [0.5, 0.6) is 11.5 Å². The number of rotatable bonds is 4. The van der Waals surface area contributed by atoms with Crippen LogP contribution in [0.1, 0.15) is 16.7 Å². The van der Waals surface area contributed by atoms with E-state index in [9.17, 15) is 9.90 Å². The van der Waals surface area contributed by atoms with Crippen LogP contribution in [0, 0.1) is 13.8 Å². The molecule has 0 bridgehead atoms. The molecule has 5 nitrogen and oxygen atoms in total. The minimum Gasteiger partial charge on any atom is -0.508 e. The van der Waals surface area contributed by atoms with E-state index < -0.39 is 5.63 Å². The van der Waals surface area contributed by atoms with Crippen molar-refractivity contribution in [1.29, 1.82) is 0 Å². The molecule has 2 N–H and O–H groups in total. The molecule has 0 aliphatic heterocycles. The van der Waals surface area contributed by atoms with Crippen molar-refractivity contribution < 1.29 is 14.3 Å². The SMILES string of the molecule is COc1ccc(C)cc1NCc1cc(=O)oc2c(C)c(O)ccc12. The van der Waals surface area contributed by atoms with Crippen molar-refractivity contribution in [3.05, 3.63) is 63.5 Å². The Balaban J connectivity index is 2.01. The van der Waals surface area contributed by atoms with Crippen molar-refractivity contribution in [2.45, 2.75) is 20.4 Å². The quantitative estimate of drug-likeness (QED) is 0.715. The van der Waals surface area contributed by atoms with Crippen molar-refractivity contribution in [2.24, 2.45) is 0 Å². The lowest BCUT2D eigenvalue weighted by molar-refractivity contribution is 0.416. The number of hydrogen-bond donors (Lipinski definition) is 2. The van der Waals surface area contributed by atoms with Gasteiger partial charge in [-0.15, -0.1) is 0 Å². The van der Waals surface area contributed by atoms with Gasteiger partial charge in [0.25, 0.3) is 0 Å². The van der Waals surface area contributed by atoms with E-state index in [1.807, 2.05) is 25.1 Å². The largest absolute Gasteiger partial charge is 0.508 e. The second-order valence-corrected chi connectivity index (χ2v) is 5.73. The fraction of sp³-hybridized carbons (Fsp3) is 0.211. The van der Waals surface area contributed by atoms with Gasteiger partial charge >= 0.3 is 5.63 Å². The van der Waals surface area contributed by atoms with Crippen molar-refractivity contribution in [2.75, 3.05) is 12.4 Å². The first kappa shape index (κ1) is 15.9. The first-order valence-corrected chi connectivity index (χ1v) is 7.63. The highest BCUT2D eigenvalue weighted by Gasteiger charge is 2.11. The molecule has 0 saturated carbocycles. The molecular weight excluding hydrogens is 306 g/mol. The minimum absolute atomic E-state index is 0.108. The average molecular weight is 325 g/mol. The number of benzene rings is 2. The molecule has 0 radical (unpaired) electrons. The summed E-state index contributed by atoms with van der Waals surface area (Å²) in [4.78, 5) is 11.9. The van der Waals surface area contributed by atoms with Crippen LogP contribution in [0.3, 0.4) is 0 Å². The summed E-state index contributed by atoms with van der Waals surface area (Å²) in [5.74, 6) is 0.845. The lowest BCUT2D eigenvalue weighted by atomic mass is 10.1. The van der Waals surface area contributed by atoms with Gasteiger partial charge in [-0.1, -0.05) is 6.07 Å². The maximum absolute atomic E-state index is 11.9. The lowest BCUT2D eigenvalue weighted by Gasteiger charge is -2.13. The summed E-state index contributed by atoms with van der Waals surface area (Å²) in [6, 6.07) is 10.7. The van der Waals surface area contributed by atoms with Crippen molar-refractivity contribution in [3.63, 3.8) is 0 Å². The Hall–Kier alpha value is -2.95. The van der Waals surface area contributed by atoms with E-state index in [0.717, 1.165) is 28.0 Å². The number of phenolic OH excluding ortho intramolecular Hbond substituents is 1. The zero-order chi connectivity index (χ0) is 17.3. The Morgan fingerprint density at radius 1 is 1.17 bits per heavy atom. The Labute approximate surface area is 139 Å². The van der Waals surface area contributed by atoms with E-state index >= 15 is 0 Å². The van der Waals surface area contributed by atoms with Crippen LogP contribution in [0.2, 0.25) is 0 Å². The Morgan fingerprint density at radius 2 is 1.96 bits per heavy atom. The summed E-state index contributed by atoms with van der Waals surface area (Å²) >= 11 is 0. The zero-order valence-electron chi connectivity index (χ0n) is 13.8. The van der Waals surface area contributed by atoms with Crippen molar-refractivity contribution in [1.82, 2.24) is 0 Å². The maximum Gasteiger partial charge on any atom is 0.336 e. The molecule has 0 saturated heterocycles. The highest BCUT2D eigenvalue weighted by molar-refractivity contribution is 5.85. The van der Waals surface area contributed by atoms with Gasteiger partial charge in [0, 0.05) is 23.6 Å². The van der Waals surface area contributed by atoms with E-state index in [1.165, 1.54) is 6.07 Å². The molecule has 0 fully saturated rings. The van der Waals surface area contributed by atoms with Crippen molar-refractivity contribution >= 4 is 16.7 Å². The van der Waals surface area contributed by atoms with E-state index in [0.29, 0.717) is 17.7 Å². The third-order valence-corrected chi connectivity index (χ3v) is 4.04. The number of anilines is 1. The summed E-state index contributed by atoms with van der Waals surface area (Å²) in [7, 11) is 1.62. The highest BCUT2D eigenvalue weighted by atomic mass is 16.5. The molecule has 0 aliphatic carbocycles. The summed E-state index contributed by atoms with van der Waals surface area (Å²) in [5, 5.41) is 13.9. The van der Waals surface area contributed by atoms with E-state index in [2.05, 4.69) is 5.32 Å². The molecule has 1 heterocycles. The smallest absolute Gasteiger partial charge is 0.336 e. The van der Waals surface area contributed by atoms with Crippen LogP contribution in [-0.4, -0.2) is 12.2 Å². The minimum atomic E-state index is -0.441. The molecule has 0 atom stereocenters. The van der Waals surface area contributed by atoms with Gasteiger partial charge in [-0.05, 0) is 49.2 Å². The highest BCUT2D eigenvalue weighted by Crippen LogP contribution is 2.29. The predicted molar refractivity (Wildman–Crippen MR) is 93.9 cm³/mol. The fourth-order valence-corrected chi connectivity index (χ4v) is 2.71. The molecule has 3 rings (SSSR count). The van der Waals surface area contributed by atoms with Gasteiger partial charge in [0.15, 0.2) is 0 Å². The molecule has 124 valence electrons. The zero-order valence-corrected chi connectivity index (χ0v) is 13.8. The Morgan fingerprint density at radius 3 is 2.71 bits per heavy atom. The molecule has 0 amide bonds. The third-order valence-electron chi connectivity index (χ3n) is 4.04. The van der Waals surface area contributed by atoms with Gasteiger partial charge in [-0.2, -0.15) is 0 Å². The van der Waals surface area contributed by atoms with Gasteiger partial charge in [0.2, 0.25) is 0 Å². The topological polar surface area (TPSA) is 71.7 Å². The van der Waals surface area contributed by atoms with Gasteiger partial charge in [-0.25, -0.2) is 4.79 Å². The Bertz CT molecular complexity index is 959. The normalized spacial score (nSPS) is 10.8. The number of fused-ring (bicyclic) bond motifs is 1. The number of aryl methyl sites for hydroxylation is 2. The second kappa shape index (κ2) is 6.28. The number of phenols is 1. The van der Waals surface area contributed by atoms with Gasteiger partial charge in [-0.3, -0.25) is 0 Å². The molecule has 0 unspecified atom stereocenters. The van der Waals surface area contributed by atoms with Crippen LogP contribution in [0.25, 0.3) is 11.0 Å². The van der Waals surface area contributed by atoms with Crippen molar-refractivity contribution in [3.8, 4) is 11.5 Å². The monoisotopic (exact) mass is 325 g/mol. The molecule has 0 aliphatic rings. The standard InChI is InChI=1S/C19H19NO4/c1-11-4-7-17(23-3)15(8-11)20-10-13-9-18(22)24-19-12(2)16(21)6-5-14(13)19/h4-9,20-21H,10H2,1-3H3. The number of hydrogen-bond acceptors (Lipinski definition) is 5. The van der Waals surface area contributed by atoms with Gasteiger partial charge < -0.3 is 19.6 Å². The molecule has 2 aromatic carbocycles. The second-order valence-electron chi connectivity index (χ2n) is 5.73. The number of methoxy groups -OCH3 is 1. The number of ether oxygens (including phenoxy) is 1. The van der Waals surface area contributed by atoms with Crippen LogP contribution < -0.4 is 15.7 Å². The molecule has 5 heteroatoms. The summed E-state index contributed by atoms with van der Waals surface area (Å²) < 4.78 is 10.6. The Kier molecular flexibility index (Phi) is 4.16. The number of aromatic hydroxyl groups is 1. The van der Waals surface area contributed by atoms with Gasteiger partial charge in [0.1, 0.15) is 17.1 Å². The molecule has 1 aromatic heterocycles. The summed E-state index contributed by atoms with van der Waals surface area (Å²) in [6.07, 6.45) is 0. The van der Waals surface area contributed by atoms with Crippen LogP contribution in [0.15, 0.2) is 45.6 Å².